The fourth-order valence-corrected chi connectivity index (χ4v) is 1.64. The van der Waals surface area contributed by atoms with Gasteiger partial charge in [0, 0.05) is 0 Å². The molecule has 0 amide bonds. The van der Waals surface area contributed by atoms with Crippen LogP contribution in [-0.4, -0.2) is 19.3 Å². The predicted octanol–water partition coefficient (Wildman–Crippen LogP) is 1.86. The third-order valence-corrected chi connectivity index (χ3v) is 2.28. The van der Waals surface area contributed by atoms with Crippen LogP contribution in [0.1, 0.15) is 25.7 Å². The molecular weight excluding hydrogens is 140 g/mol. The topological polar surface area (TPSA) is 18.5 Å². The van der Waals surface area contributed by atoms with Crippen molar-refractivity contribution in [2.45, 2.75) is 31.8 Å². The van der Waals surface area contributed by atoms with Crippen LogP contribution in [0.25, 0.3) is 0 Å². The highest BCUT2D eigenvalue weighted by Gasteiger charge is 2.22. The fourth-order valence-electron chi connectivity index (χ4n) is 1.64. The Balaban J connectivity index is 1.98. The standard InChI is InChI=1S/C9H14O2/c1-2-4-8-9(5-7-11-8)10-6-3-1/h5,8H,1-4,6-7H2. The van der Waals surface area contributed by atoms with Crippen molar-refractivity contribution in [3.8, 4) is 0 Å². The molecule has 0 bridgehead atoms. The third kappa shape index (κ3) is 1.56. The zero-order valence-corrected chi connectivity index (χ0v) is 6.71. The molecule has 0 saturated carbocycles. The fraction of sp³-hybridized carbons (Fsp3) is 0.778. The van der Waals surface area contributed by atoms with Gasteiger partial charge in [-0.25, -0.2) is 0 Å². The molecule has 2 aliphatic rings. The van der Waals surface area contributed by atoms with Crippen LogP contribution in [0.15, 0.2) is 11.8 Å². The minimum absolute atomic E-state index is 0.287. The van der Waals surface area contributed by atoms with E-state index in [9.17, 15) is 0 Å². The lowest BCUT2D eigenvalue weighted by atomic mass is 10.1. The van der Waals surface area contributed by atoms with Gasteiger partial charge in [-0.1, -0.05) is 6.42 Å². The quantitative estimate of drug-likeness (QED) is 0.530. The zero-order chi connectivity index (χ0) is 7.52. The highest BCUT2D eigenvalue weighted by Crippen LogP contribution is 2.23. The highest BCUT2D eigenvalue weighted by molar-refractivity contribution is 5.06. The van der Waals surface area contributed by atoms with Crippen molar-refractivity contribution in [1.82, 2.24) is 0 Å². The minimum atomic E-state index is 0.287. The molecular formula is C9H14O2. The first-order chi connectivity index (χ1) is 5.47. The van der Waals surface area contributed by atoms with Gasteiger partial charge in [-0.3, -0.25) is 0 Å². The van der Waals surface area contributed by atoms with Crippen molar-refractivity contribution in [2.24, 2.45) is 0 Å². The van der Waals surface area contributed by atoms with Gasteiger partial charge in [0.05, 0.1) is 13.2 Å². The molecule has 0 aromatic rings. The molecule has 1 unspecified atom stereocenters. The van der Waals surface area contributed by atoms with Crippen molar-refractivity contribution in [3.05, 3.63) is 11.8 Å². The molecule has 2 nitrogen and oxygen atoms in total. The van der Waals surface area contributed by atoms with Crippen molar-refractivity contribution < 1.29 is 9.47 Å². The Kier molecular flexibility index (Phi) is 2.13. The molecule has 0 aromatic carbocycles. The highest BCUT2D eigenvalue weighted by atomic mass is 16.5. The Morgan fingerprint density at radius 2 is 2.27 bits per heavy atom. The van der Waals surface area contributed by atoms with Crippen LogP contribution in [0.3, 0.4) is 0 Å². The number of hydrogen-bond donors (Lipinski definition) is 0. The van der Waals surface area contributed by atoms with Crippen molar-refractivity contribution >= 4 is 0 Å². The van der Waals surface area contributed by atoms with Crippen LogP contribution in [0.5, 0.6) is 0 Å². The summed E-state index contributed by atoms with van der Waals surface area (Å²) in [5, 5.41) is 0. The number of fused-ring (bicyclic) bond motifs is 1. The summed E-state index contributed by atoms with van der Waals surface area (Å²) in [5.74, 6) is 1.09. The maximum Gasteiger partial charge on any atom is 0.123 e. The first-order valence-electron chi connectivity index (χ1n) is 4.41. The molecule has 2 rings (SSSR count). The SMILES string of the molecule is C1=C2OCCCCCC2OC1. The maximum absolute atomic E-state index is 5.54. The molecule has 62 valence electrons. The van der Waals surface area contributed by atoms with E-state index >= 15 is 0 Å². The monoisotopic (exact) mass is 154 g/mol. The van der Waals surface area contributed by atoms with Crippen LogP contribution in [0, 0.1) is 0 Å². The molecule has 0 aliphatic carbocycles. The van der Waals surface area contributed by atoms with Crippen molar-refractivity contribution in [2.75, 3.05) is 13.2 Å². The van der Waals surface area contributed by atoms with E-state index in [1.54, 1.807) is 0 Å². The molecule has 2 heterocycles. The van der Waals surface area contributed by atoms with E-state index in [2.05, 4.69) is 6.08 Å². The van der Waals surface area contributed by atoms with Gasteiger partial charge in [0.2, 0.25) is 0 Å². The number of rotatable bonds is 0. The second-order valence-corrected chi connectivity index (χ2v) is 3.13. The van der Waals surface area contributed by atoms with Crippen LogP contribution < -0.4 is 0 Å². The van der Waals surface area contributed by atoms with E-state index in [0.717, 1.165) is 25.4 Å². The molecule has 0 radical (unpaired) electrons. The Morgan fingerprint density at radius 3 is 3.27 bits per heavy atom. The molecule has 0 N–H and O–H groups in total. The molecule has 11 heavy (non-hydrogen) atoms. The molecule has 1 saturated heterocycles. The van der Waals surface area contributed by atoms with E-state index in [1.807, 2.05) is 0 Å². The molecule has 1 atom stereocenters. The van der Waals surface area contributed by atoms with Crippen LogP contribution in [-0.2, 0) is 9.47 Å². The second kappa shape index (κ2) is 3.26. The summed E-state index contributed by atoms with van der Waals surface area (Å²) in [6.45, 7) is 1.63. The van der Waals surface area contributed by atoms with Gasteiger partial charge in [0.25, 0.3) is 0 Å². The summed E-state index contributed by atoms with van der Waals surface area (Å²) in [7, 11) is 0. The van der Waals surface area contributed by atoms with Crippen LogP contribution >= 0.6 is 0 Å². The average Bonchev–Trinajstić information content (AvgIpc) is 2.35. The Morgan fingerprint density at radius 1 is 1.27 bits per heavy atom. The van der Waals surface area contributed by atoms with Gasteiger partial charge in [-0.2, -0.15) is 0 Å². The van der Waals surface area contributed by atoms with Gasteiger partial charge < -0.3 is 9.47 Å². The Hall–Kier alpha value is -0.500. The molecule has 0 aromatic heterocycles. The van der Waals surface area contributed by atoms with E-state index < -0.39 is 0 Å². The van der Waals surface area contributed by atoms with Crippen molar-refractivity contribution in [1.29, 1.82) is 0 Å². The van der Waals surface area contributed by atoms with Gasteiger partial charge in [0.15, 0.2) is 0 Å². The lowest BCUT2D eigenvalue weighted by Gasteiger charge is -2.18. The van der Waals surface area contributed by atoms with E-state index in [0.29, 0.717) is 0 Å². The Bertz CT molecular complexity index is 163. The first-order valence-corrected chi connectivity index (χ1v) is 4.41. The lowest BCUT2D eigenvalue weighted by molar-refractivity contribution is 0.0555. The second-order valence-electron chi connectivity index (χ2n) is 3.13. The van der Waals surface area contributed by atoms with E-state index in [-0.39, 0.29) is 6.10 Å². The summed E-state index contributed by atoms with van der Waals surface area (Å²) >= 11 is 0. The maximum atomic E-state index is 5.54. The molecule has 2 aliphatic heterocycles. The van der Waals surface area contributed by atoms with E-state index in [1.165, 1.54) is 19.3 Å². The smallest absolute Gasteiger partial charge is 0.123 e. The minimum Gasteiger partial charge on any atom is -0.495 e. The van der Waals surface area contributed by atoms with Gasteiger partial charge >= 0.3 is 0 Å². The third-order valence-electron chi connectivity index (χ3n) is 2.28. The summed E-state index contributed by atoms with van der Waals surface area (Å²) in [4.78, 5) is 0. The summed E-state index contributed by atoms with van der Waals surface area (Å²) in [5.41, 5.74) is 0. The molecule has 1 fully saturated rings. The zero-order valence-electron chi connectivity index (χ0n) is 6.71. The largest absolute Gasteiger partial charge is 0.495 e. The Labute approximate surface area is 67.2 Å². The van der Waals surface area contributed by atoms with Gasteiger partial charge in [0.1, 0.15) is 11.9 Å². The lowest BCUT2D eigenvalue weighted by Crippen LogP contribution is -2.15. The number of ether oxygens (including phenoxy) is 2. The first kappa shape index (κ1) is 7.17. The van der Waals surface area contributed by atoms with Gasteiger partial charge in [-0.15, -0.1) is 0 Å². The summed E-state index contributed by atoms with van der Waals surface area (Å²) in [6, 6.07) is 0. The van der Waals surface area contributed by atoms with E-state index in [4.69, 9.17) is 9.47 Å². The number of hydrogen-bond acceptors (Lipinski definition) is 2. The average molecular weight is 154 g/mol. The predicted molar refractivity (Wildman–Crippen MR) is 42.2 cm³/mol. The van der Waals surface area contributed by atoms with Crippen molar-refractivity contribution in [3.63, 3.8) is 0 Å². The van der Waals surface area contributed by atoms with Crippen LogP contribution in [0.2, 0.25) is 0 Å². The van der Waals surface area contributed by atoms with Crippen LogP contribution in [0.4, 0.5) is 0 Å². The normalized spacial score (nSPS) is 31.3. The summed E-state index contributed by atoms with van der Waals surface area (Å²) < 4.78 is 11.0. The summed E-state index contributed by atoms with van der Waals surface area (Å²) in [6.07, 6.45) is 7.26. The molecule has 0 spiro atoms. The van der Waals surface area contributed by atoms with Gasteiger partial charge in [-0.05, 0) is 25.3 Å². The molecule has 2 heteroatoms.